The first-order chi connectivity index (χ1) is 13.9. The van der Waals surface area contributed by atoms with Crippen molar-refractivity contribution >= 4 is 35.8 Å². The molecule has 0 aliphatic carbocycles. The van der Waals surface area contributed by atoms with Gasteiger partial charge < -0.3 is 29.9 Å². The highest BCUT2D eigenvalue weighted by atomic mass is 19.1. The van der Waals surface area contributed by atoms with E-state index in [1.165, 1.54) is 25.6 Å². The van der Waals surface area contributed by atoms with Gasteiger partial charge in [-0.2, -0.15) is 0 Å². The van der Waals surface area contributed by atoms with Crippen LogP contribution in [0.4, 0.5) is 10.2 Å². The van der Waals surface area contributed by atoms with E-state index in [2.05, 4.69) is 15.3 Å². The van der Waals surface area contributed by atoms with E-state index in [4.69, 9.17) is 29.4 Å². The number of nitrogens with zero attached hydrogens (tertiary/aromatic N) is 2. The fourth-order valence-corrected chi connectivity index (χ4v) is 2.57. The van der Waals surface area contributed by atoms with Gasteiger partial charge in [-0.25, -0.2) is 14.4 Å². The fraction of sp³-hybridized carbons (Fsp3) is 0.167. The van der Waals surface area contributed by atoms with Crippen LogP contribution in [0.25, 0.3) is 10.9 Å². The molecule has 0 aliphatic rings. The molecule has 0 bridgehead atoms. The average molecular weight is 403 g/mol. The van der Waals surface area contributed by atoms with Crippen molar-refractivity contribution in [2.75, 3.05) is 19.5 Å². The SMILES string of the molecule is COc1cc2ncnc(NCc3ccc(B(O)O)cc3F)c2cc1OC.O=CO. The minimum absolute atomic E-state index is 0.0931. The third-order valence-corrected chi connectivity index (χ3v) is 3.96. The molecular weight excluding hydrogens is 384 g/mol. The Labute approximate surface area is 165 Å². The molecule has 9 nitrogen and oxygen atoms in total. The van der Waals surface area contributed by atoms with Crippen molar-refractivity contribution in [2.24, 2.45) is 0 Å². The molecule has 4 N–H and O–H groups in total. The number of fused-ring (bicyclic) bond motifs is 1. The fourth-order valence-electron chi connectivity index (χ4n) is 2.57. The molecule has 0 atom stereocenters. The van der Waals surface area contributed by atoms with Crippen LogP contribution in [-0.4, -0.2) is 52.9 Å². The predicted octanol–water partition coefficient (Wildman–Crippen LogP) is 0.779. The van der Waals surface area contributed by atoms with Crippen LogP contribution in [0, 0.1) is 5.82 Å². The summed E-state index contributed by atoms with van der Waals surface area (Å²) in [5.41, 5.74) is 1.11. The number of halogens is 1. The standard InChI is InChI=1S/C17H17BFN3O4.CH2O2/c1-25-15-6-12-14(7-16(15)26-2)21-9-22-17(12)20-8-10-3-4-11(18(23)24)5-13(10)19;2-1-3/h3-7,9,23-24H,8H2,1-2H3,(H,20,21,22);1H,(H,2,3). The Morgan fingerprint density at radius 1 is 1.14 bits per heavy atom. The number of hydrogen-bond donors (Lipinski definition) is 4. The smallest absolute Gasteiger partial charge is 0.488 e. The highest BCUT2D eigenvalue weighted by Crippen LogP contribution is 2.33. The van der Waals surface area contributed by atoms with Crippen LogP contribution in [0.15, 0.2) is 36.7 Å². The number of rotatable bonds is 6. The number of hydrogen-bond acceptors (Lipinski definition) is 8. The summed E-state index contributed by atoms with van der Waals surface area (Å²) in [7, 11) is 1.37. The topological polar surface area (TPSA) is 134 Å². The Morgan fingerprint density at radius 3 is 2.38 bits per heavy atom. The summed E-state index contributed by atoms with van der Waals surface area (Å²) in [4.78, 5) is 16.8. The molecule has 0 saturated heterocycles. The van der Waals surface area contributed by atoms with Gasteiger partial charge in [-0.15, -0.1) is 0 Å². The van der Waals surface area contributed by atoms with Gasteiger partial charge in [-0.1, -0.05) is 12.1 Å². The van der Waals surface area contributed by atoms with Crippen molar-refractivity contribution in [3.05, 3.63) is 48.0 Å². The zero-order chi connectivity index (χ0) is 21.4. The van der Waals surface area contributed by atoms with Gasteiger partial charge in [-0.05, 0) is 17.6 Å². The van der Waals surface area contributed by atoms with Crippen molar-refractivity contribution in [1.82, 2.24) is 9.97 Å². The van der Waals surface area contributed by atoms with Crippen LogP contribution in [-0.2, 0) is 11.3 Å². The third-order valence-electron chi connectivity index (χ3n) is 3.96. The maximum atomic E-state index is 14.1. The van der Waals surface area contributed by atoms with Crippen molar-refractivity contribution in [1.29, 1.82) is 0 Å². The van der Waals surface area contributed by atoms with E-state index in [1.54, 1.807) is 19.2 Å². The van der Waals surface area contributed by atoms with Crippen LogP contribution >= 0.6 is 0 Å². The number of carboxylic acid groups (broad SMARTS) is 1. The van der Waals surface area contributed by atoms with Crippen LogP contribution in [0.5, 0.6) is 11.5 Å². The molecule has 2 aromatic carbocycles. The zero-order valence-corrected chi connectivity index (χ0v) is 15.7. The molecule has 0 spiro atoms. The molecule has 0 unspecified atom stereocenters. The summed E-state index contributed by atoms with van der Waals surface area (Å²) >= 11 is 0. The van der Waals surface area contributed by atoms with E-state index in [0.29, 0.717) is 33.8 Å². The lowest BCUT2D eigenvalue weighted by atomic mass is 9.80. The molecule has 0 aliphatic heterocycles. The first-order valence-electron chi connectivity index (χ1n) is 8.28. The van der Waals surface area contributed by atoms with Crippen molar-refractivity contribution in [2.45, 2.75) is 6.54 Å². The normalized spacial score (nSPS) is 9.97. The number of anilines is 1. The van der Waals surface area contributed by atoms with Gasteiger partial charge in [0, 0.05) is 23.6 Å². The van der Waals surface area contributed by atoms with Gasteiger partial charge in [-0.3, -0.25) is 4.79 Å². The van der Waals surface area contributed by atoms with Gasteiger partial charge in [0.25, 0.3) is 6.47 Å². The number of aromatic nitrogens is 2. The summed E-state index contributed by atoms with van der Waals surface area (Å²) in [5.74, 6) is 1.06. The molecule has 0 amide bonds. The van der Waals surface area contributed by atoms with Gasteiger partial charge >= 0.3 is 7.12 Å². The lowest BCUT2D eigenvalue weighted by molar-refractivity contribution is -0.122. The summed E-state index contributed by atoms with van der Waals surface area (Å²) in [5, 5.41) is 28.8. The summed E-state index contributed by atoms with van der Waals surface area (Å²) < 4.78 is 24.7. The molecule has 11 heteroatoms. The lowest BCUT2D eigenvalue weighted by Gasteiger charge is -2.12. The predicted molar refractivity (Wildman–Crippen MR) is 105 cm³/mol. The first-order valence-corrected chi connectivity index (χ1v) is 8.28. The van der Waals surface area contributed by atoms with Crippen LogP contribution in [0.1, 0.15) is 5.56 Å². The maximum Gasteiger partial charge on any atom is 0.488 e. The Morgan fingerprint density at radius 2 is 1.79 bits per heavy atom. The average Bonchev–Trinajstić information content (AvgIpc) is 2.72. The molecule has 29 heavy (non-hydrogen) atoms. The largest absolute Gasteiger partial charge is 0.493 e. The summed E-state index contributed by atoms with van der Waals surface area (Å²) in [6.45, 7) is -0.0892. The molecular formula is C18H19BFN3O6. The number of ether oxygens (including phenoxy) is 2. The minimum Gasteiger partial charge on any atom is -0.493 e. The van der Waals surface area contributed by atoms with Gasteiger partial charge in [0.05, 0.1) is 19.7 Å². The second kappa shape index (κ2) is 10.2. The van der Waals surface area contributed by atoms with E-state index in [9.17, 15) is 4.39 Å². The highest BCUT2D eigenvalue weighted by Gasteiger charge is 2.14. The second-order valence-electron chi connectivity index (χ2n) is 5.63. The Hall–Kier alpha value is -3.44. The van der Waals surface area contributed by atoms with Crippen LogP contribution in [0.3, 0.4) is 0 Å². The maximum absolute atomic E-state index is 14.1. The van der Waals surface area contributed by atoms with Gasteiger partial charge in [0.15, 0.2) is 11.5 Å². The van der Waals surface area contributed by atoms with Crippen molar-refractivity contribution in [3.8, 4) is 11.5 Å². The zero-order valence-electron chi connectivity index (χ0n) is 15.7. The second-order valence-corrected chi connectivity index (χ2v) is 5.63. The Balaban J connectivity index is 0.000000941. The summed E-state index contributed by atoms with van der Waals surface area (Å²) in [6, 6.07) is 7.52. The molecule has 3 aromatic rings. The number of nitrogens with one attached hydrogen (secondary N) is 1. The van der Waals surface area contributed by atoms with E-state index >= 15 is 0 Å². The minimum atomic E-state index is -1.71. The lowest BCUT2D eigenvalue weighted by Crippen LogP contribution is -2.30. The molecule has 0 radical (unpaired) electrons. The Bertz CT molecular complexity index is 989. The van der Waals surface area contributed by atoms with E-state index < -0.39 is 12.9 Å². The van der Waals surface area contributed by atoms with Crippen LogP contribution in [0.2, 0.25) is 0 Å². The molecule has 1 aromatic heterocycles. The van der Waals surface area contributed by atoms with E-state index in [-0.39, 0.29) is 18.5 Å². The van der Waals surface area contributed by atoms with Gasteiger partial charge in [0.1, 0.15) is 18.0 Å². The number of benzene rings is 2. The number of carbonyl (C=O) groups is 1. The van der Waals surface area contributed by atoms with E-state index in [1.807, 2.05) is 0 Å². The number of methoxy groups -OCH3 is 2. The quantitative estimate of drug-likeness (QED) is 0.348. The van der Waals surface area contributed by atoms with Gasteiger partial charge in [0.2, 0.25) is 0 Å². The first kappa shape index (κ1) is 21.9. The summed E-state index contributed by atoms with van der Waals surface area (Å²) in [6.07, 6.45) is 1.40. The Kier molecular flexibility index (Phi) is 7.69. The van der Waals surface area contributed by atoms with Crippen molar-refractivity contribution < 1.29 is 33.8 Å². The monoisotopic (exact) mass is 403 g/mol. The molecule has 152 valence electrons. The van der Waals surface area contributed by atoms with E-state index in [0.717, 1.165) is 6.07 Å². The molecule has 3 rings (SSSR count). The van der Waals surface area contributed by atoms with Crippen LogP contribution < -0.4 is 20.3 Å². The molecule has 0 saturated carbocycles. The third kappa shape index (κ3) is 5.30. The molecule has 0 fully saturated rings. The molecule has 1 heterocycles. The highest BCUT2D eigenvalue weighted by molar-refractivity contribution is 6.58. The van der Waals surface area contributed by atoms with Crippen molar-refractivity contribution in [3.63, 3.8) is 0 Å².